The van der Waals surface area contributed by atoms with Gasteiger partial charge in [0.1, 0.15) is 10.6 Å². The van der Waals surface area contributed by atoms with Gasteiger partial charge in [-0.25, -0.2) is 13.1 Å². The molecule has 1 aromatic carbocycles. The number of sulfonamides is 1. The lowest BCUT2D eigenvalue weighted by molar-refractivity contribution is 0.265. The van der Waals surface area contributed by atoms with Gasteiger partial charge in [0.05, 0.1) is 13.7 Å². The first-order valence-electron chi connectivity index (χ1n) is 5.39. The summed E-state index contributed by atoms with van der Waals surface area (Å²) >= 11 is 0. The Morgan fingerprint density at radius 2 is 2.11 bits per heavy atom. The maximum atomic E-state index is 12.1. The number of aryl methyl sites for hydroxylation is 1. The molecule has 6 nitrogen and oxygen atoms in total. The van der Waals surface area contributed by atoms with Crippen LogP contribution in [0.4, 0.5) is 5.69 Å². The molecule has 0 aliphatic carbocycles. The van der Waals surface area contributed by atoms with E-state index in [-0.39, 0.29) is 17.3 Å². The van der Waals surface area contributed by atoms with Crippen LogP contribution in [0.15, 0.2) is 17.0 Å². The minimum atomic E-state index is -3.77. The second-order valence-electron chi connectivity index (χ2n) is 4.06. The van der Waals surface area contributed by atoms with E-state index in [0.717, 1.165) is 5.56 Å². The Labute approximate surface area is 107 Å². The van der Waals surface area contributed by atoms with Crippen LogP contribution in [0.1, 0.15) is 12.5 Å². The highest BCUT2D eigenvalue weighted by Gasteiger charge is 2.22. The van der Waals surface area contributed by atoms with Gasteiger partial charge in [0.25, 0.3) is 0 Å². The summed E-state index contributed by atoms with van der Waals surface area (Å²) in [6.07, 6.45) is 0. The van der Waals surface area contributed by atoms with Gasteiger partial charge in [-0.2, -0.15) is 0 Å². The molecule has 0 saturated carbocycles. The van der Waals surface area contributed by atoms with Gasteiger partial charge in [0.15, 0.2) is 0 Å². The van der Waals surface area contributed by atoms with E-state index in [9.17, 15) is 8.42 Å². The van der Waals surface area contributed by atoms with Crippen molar-refractivity contribution >= 4 is 15.7 Å². The maximum absolute atomic E-state index is 12.1. The number of aliphatic hydroxyl groups is 1. The van der Waals surface area contributed by atoms with Crippen molar-refractivity contribution < 1.29 is 18.3 Å². The van der Waals surface area contributed by atoms with Crippen molar-refractivity contribution in [3.05, 3.63) is 17.7 Å². The number of nitrogens with one attached hydrogen (secondary N) is 1. The third kappa shape index (κ3) is 3.12. The summed E-state index contributed by atoms with van der Waals surface area (Å²) in [5.41, 5.74) is 6.81. The fraction of sp³-hybridized carbons (Fsp3) is 0.455. The lowest BCUT2D eigenvalue weighted by Gasteiger charge is -2.15. The number of nitrogens with two attached hydrogens (primary N) is 1. The number of ether oxygens (including phenoxy) is 1. The molecule has 1 unspecified atom stereocenters. The number of hydrogen-bond donors (Lipinski definition) is 3. The summed E-state index contributed by atoms with van der Waals surface area (Å²) in [6, 6.07) is 2.33. The van der Waals surface area contributed by atoms with Gasteiger partial charge in [-0.05, 0) is 31.5 Å². The lowest BCUT2D eigenvalue weighted by Crippen LogP contribution is -2.35. The predicted molar refractivity (Wildman–Crippen MR) is 69.0 cm³/mol. The standard InChI is InChI=1S/C11H18N2O4S/c1-7-4-10(17-3)11(5-9(7)12)18(15,16)13-8(2)6-14/h4-5,8,13-14H,6,12H2,1-3H3. The molecule has 0 amide bonds. The van der Waals surface area contributed by atoms with Crippen molar-refractivity contribution in [2.45, 2.75) is 24.8 Å². The van der Waals surface area contributed by atoms with E-state index in [0.29, 0.717) is 5.69 Å². The molecule has 0 saturated heterocycles. The molecule has 0 spiro atoms. The van der Waals surface area contributed by atoms with Gasteiger partial charge in [-0.1, -0.05) is 0 Å². The smallest absolute Gasteiger partial charge is 0.244 e. The number of anilines is 1. The van der Waals surface area contributed by atoms with E-state index in [2.05, 4.69) is 4.72 Å². The van der Waals surface area contributed by atoms with E-state index in [4.69, 9.17) is 15.6 Å². The number of hydrogen-bond acceptors (Lipinski definition) is 5. The van der Waals surface area contributed by atoms with Gasteiger partial charge in [-0.15, -0.1) is 0 Å². The normalized spacial score (nSPS) is 13.3. The molecule has 1 aromatic rings. The summed E-state index contributed by atoms with van der Waals surface area (Å²) in [4.78, 5) is -0.0339. The van der Waals surface area contributed by atoms with Crippen LogP contribution in [0, 0.1) is 6.92 Å². The first-order valence-corrected chi connectivity index (χ1v) is 6.87. The number of aliphatic hydroxyl groups excluding tert-OH is 1. The summed E-state index contributed by atoms with van der Waals surface area (Å²) < 4.78 is 31.5. The fourth-order valence-electron chi connectivity index (χ4n) is 1.41. The summed E-state index contributed by atoms with van der Waals surface area (Å²) in [5.74, 6) is 0.222. The van der Waals surface area contributed by atoms with E-state index < -0.39 is 16.1 Å². The van der Waals surface area contributed by atoms with Crippen molar-refractivity contribution in [3.63, 3.8) is 0 Å². The van der Waals surface area contributed by atoms with Gasteiger partial charge in [0, 0.05) is 11.7 Å². The lowest BCUT2D eigenvalue weighted by atomic mass is 10.2. The molecule has 18 heavy (non-hydrogen) atoms. The summed E-state index contributed by atoms with van der Waals surface area (Å²) in [7, 11) is -2.38. The van der Waals surface area contributed by atoms with Crippen LogP contribution in [0.5, 0.6) is 5.75 Å². The van der Waals surface area contributed by atoms with Crippen LogP contribution in [0.3, 0.4) is 0 Å². The SMILES string of the molecule is COc1cc(C)c(N)cc1S(=O)(=O)NC(C)CO. The summed E-state index contributed by atoms with van der Waals surface area (Å²) in [5, 5.41) is 8.89. The molecule has 4 N–H and O–H groups in total. The maximum Gasteiger partial charge on any atom is 0.244 e. The molecule has 0 aliphatic heterocycles. The van der Waals surface area contributed by atoms with Crippen LogP contribution in [0.2, 0.25) is 0 Å². The Morgan fingerprint density at radius 3 is 2.61 bits per heavy atom. The molecule has 0 aliphatic rings. The Balaban J connectivity index is 3.27. The molecule has 102 valence electrons. The largest absolute Gasteiger partial charge is 0.495 e. The average Bonchev–Trinajstić information content (AvgIpc) is 2.31. The molecule has 0 radical (unpaired) electrons. The quantitative estimate of drug-likeness (QED) is 0.668. The van der Waals surface area contributed by atoms with Crippen molar-refractivity contribution in [2.75, 3.05) is 19.5 Å². The third-order valence-electron chi connectivity index (χ3n) is 2.47. The molecule has 1 atom stereocenters. The van der Waals surface area contributed by atoms with Crippen LogP contribution in [0.25, 0.3) is 0 Å². The van der Waals surface area contributed by atoms with Crippen molar-refractivity contribution in [1.29, 1.82) is 0 Å². The highest BCUT2D eigenvalue weighted by molar-refractivity contribution is 7.89. The van der Waals surface area contributed by atoms with E-state index in [1.165, 1.54) is 13.2 Å². The van der Waals surface area contributed by atoms with E-state index >= 15 is 0 Å². The van der Waals surface area contributed by atoms with Crippen molar-refractivity contribution in [3.8, 4) is 5.75 Å². The second-order valence-corrected chi connectivity index (χ2v) is 5.75. The Kier molecular flexibility index (Phi) is 4.55. The average molecular weight is 274 g/mol. The molecule has 7 heteroatoms. The number of methoxy groups -OCH3 is 1. The Morgan fingerprint density at radius 1 is 1.50 bits per heavy atom. The molecule has 0 bridgehead atoms. The van der Waals surface area contributed by atoms with Gasteiger partial charge in [0.2, 0.25) is 10.0 Å². The molecular weight excluding hydrogens is 256 g/mol. The first-order chi connectivity index (χ1) is 8.31. The zero-order valence-electron chi connectivity index (χ0n) is 10.6. The van der Waals surface area contributed by atoms with Crippen LogP contribution < -0.4 is 15.2 Å². The van der Waals surface area contributed by atoms with Crippen LogP contribution in [-0.4, -0.2) is 33.3 Å². The second kappa shape index (κ2) is 5.55. The summed E-state index contributed by atoms with van der Waals surface area (Å²) in [6.45, 7) is 3.03. The molecule has 0 fully saturated rings. The predicted octanol–water partition coefficient (Wildman–Crippen LogP) is 0.245. The highest BCUT2D eigenvalue weighted by atomic mass is 32.2. The topological polar surface area (TPSA) is 102 Å². The van der Waals surface area contributed by atoms with Gasteiger partial charge in [-0.3, -0.25) is 0 Å². The van der Waals surface area contributed by atoms with Crippen molar-refractivity contribution in [1.82, 2.24) is 4.72 Å². The highest BCUT2D eigenvalue weighted by Crippen LogP contribution is 2.28. The molecule has 1 rings (SSSR count). The van der Waals surface area contributed by atoms with Gasteiger partial charge >= 0.3 is 0 Å². The number of nitrogen functional groups attached to an aromatic ring is 1. The number of benzene rings is 1. The monoisotopic (exact) mass is 274 g/mol. The minimum Gasteiger partial charge on any atom is -0.495 e. The first kappa shape index (κ1) is 14.7. The van der Waals surface area contributed by atoms with Gasteiger partial charge < -0.3 is 15.6 Å². The zero-order valence-corrected chi connectivity index (χ0v) is 11.4. The Hall–Kier alpha value is -1.31. The third-order valence-corrected chi connectivity index (χ3v) is 4.08. The Bertz CT molecular complexity index is 528. The molecular formula is C11H18N2O4S. The minimum absolute atomic E-state index is 0.0339. The van der Waals surface area contributed by atoms with E-state index in [1.54, 1.807) is 19.9 Å². The van der Waals surface area contributed by atoms with Crippen LogP contribution in [-0.2, 0) is 10.0 Å². The molecule has 0 heterocycles. The van der Waals surface area contributed by atoms with Crippen molar-refractivity contribution in [2.24, 2.45) is 0 Å². The fourth-order valence-corrected chi connectivity index (χ4v) is 2.83. The zero-order chi connectivity index (χ0) is 13.9. The number of rotatable bonds is 5. The molecule has 0 aromatic heterocycles. The van der Waals surface area contributed by atoms with Crippen LogP contribution >= 0.6 is 0 Å². The van der Waals surface area contributed by atoms with E-state index in [1.807, 2.05) is 0 Å².